The molecule has 0 saturated carbocycles. The van der Waals surface area contributed by atoms with Crippen LogP contribution >= 0.6 is 0 Å². The number of aliphatic hydroxyl groups excluding tert-OH is 1. The zero-order valence-electron chi connectivity index (χ0n) is 10.7. The van der Waals surface area contributed by atoms with Crippen molar-refractivity contribution in [2.75, 3.05) is 6.61 Å². The summed E-state index contributed by atoms with van der Waals surface area (Å²) in [5.74, 6) is 1.38. The van der Waals surface area contributed by atoms with Gasteiger partial charge >= 0.3 is 0 Å². The summed E-state index contributed by atoms with van der Waals surface area (Å²) in [6.45, 7) is 2.09. The topological polar surface area (TPSA) is 29.5 Å². The Morgan fingerprint density at radius 2 is 1.84 bits per heavy atom. The van der Waals surface area contributed by atoms with Crippen molar-refractivity contribution >= 4 is 0 Å². The van der Waals surface area contributed by atoms with Crippen molar-refractivity contribution in [1.82, 2.24) is 0 Å². The first-order valence-electron chi connectivity index (χ1n) is 6.37. The van der Waals surface area contributed by atoms with Gasteiger partial charge in [-0.1, -0.05) is 19.1 Å². The Kier molecular flexibility index (Phi) is 2.99. The summed E-state index contributed by atoms with van der Waals surface area (Å²) in [4.78, 5) is 0. The Morgan fingerprint density at radius 3 is 2.58 bits per heavy atom. The van der Waals surface area contributed by atoms with E-state index < -0.39 is 0 Å². The van der Waals surface area contributed by atoms with Crippen LogP contribution in [0.5, 0.6) is 11.5 Å². The van der Waals surface area contributed by atoms with Gasteiger partial charge in [-0.05, 0) is 35.4 Å². The Hall–Kier alpha value is -1.87. The second kappa shape index (κ2) is 4.67. The SMILES string of the molecule is CC(CO)c1ccc2c(c1)Cc1cc(F)ccc1O2. The van der Waals surface area contributed by atoms with Gasteiger partial charge in [0.1, 0.15) is 17.3 Å². The summed E-state index contributed by atoms with van der Waals surface area (Å²) >= 11 is 0. The maximum atomic E-state index is 13.2. The van der Waals surface area contributed by atoms with Crippen molar-refractivity contribution in [2.24, 2.45) is 0 Å². The normalized spacial score (nSPS) is 14.3. The van der Waals surface area contributed by atoms with Gasteiger partial charge in [-0.25, -0.2) is 4.39 Å². The van der Waals surface area contributed by atoms with Crippen molar-refractivity contribution in [1.29, 1.82) is 0 Å². The number of fused-ring (bicyclic) bond motifs is 2. The van der Waals surface area contributed by atoms with E-state index in [1.807, 2.05) is 25.1 Å². The maximum Gasteiger partial charge on any atom is 0.131 e. The predicted octanol–water partition coefficient (Wildman–Crippen LogP) is 3.62. The van der Waals surface area contributed by atoms with E-state index in [2.05, 4.69) is 0 Å². The van der Waals surface area contributed by atoms with E-state index in [0.29, 0.717) is 6.42 Å². The molecule has 0 amide bonds. The molecular weight excluding hydrogens is 243 g/mol. The molecule has 0 radical (unpaired) electrons. The van der Waals surface area contributed by atoms with Gasteiger partial charge in [0.25, 0.3) is 0 Å². The molecule has 2 aromatic rings. The van der Waals surface area contributed by atoms with Crippen LogP contribution in [0.25, 0.3) is 0 Å². The molecule has 0 bridgehead atoms. The van der Waals surface area contributed by atoms with Gasteiger partial charge in [0.2, 0.25) is 0 Å². The monoisotopic (exact) mass is 258 g/mol. The lowest BCUT2D eigenvalue weighted by atomic mass is 9.94. The van der Waals surface area contributed by atoms with Crippen LogP contribution < -0.4 is 4.74 Å². The van der Waals surface area contributed by atoms with E-state index in [-0.39, 0.29) is 18.3 Å². The number of halogens is 1. The van der Waals surface area contributed by atoms with Crippen molar-refractivity contribution < 1.29 is 14.2 Å². The third-order valence-corrected chi connectivity index (χ3v) is 3.55. The van der Waals surface area contributed by atoms with Gasteiger partial charge in [0.15, 0.2) is 0 Å². The van der Waals surface area contributed by atoms with Crippen LogP contribution in [0.15, 0.2) is 36.4 Å². The van der Waals surface area contributed by atoms with E-state index >= 15 is 0 Å². The zero-order valence-corrected chi connectivity index (χ0v) is 10.7. The van der Waals surface area contributed by atoms with Crippen LogP contribution in [-0.4, -0.2) is 11.7 Å². The molecule has 3 rings (SSSR count). The van der Waals surface area contributed by atoms with Gasteiger partial charge in [-0.2, -0.15) is 0 Å². The first-order chi connectivity index (χ1) is 9.17. The maximum absolute atomic E-state index is 13.2. The molecule has 0 aliphatic carbocycles. The summed E-state index contributed by atoms with van der Waals surface area (Å²) < 4.78 is 19.0. The summed E-state index contributed by atoms with van der Waals surface area (Å²) in [5.41, 5.74) is 2.97. The highest BCUT2D eigenvalue weighted by Gasteiger charge is 2.18. The number of benzene rings is 2. The molecule has 2 aromatic carbocycles. The molecule has 1 N–H and O–H groups in total. The molecule has 3 heteroatoms. The van der Waals surface area contributed by atoms with Gasteiger partial charge in [0.05, 0.1) is 0 Å². The fraction of sp³-hybridized carbons (Fsp3) is 0.250. The molecule has 1 unspecified atom stereocenters. The lowest BCUT2D eigenvalue weighted by Crippen LogP contribution is -2.06. The van der Waals surface area contributed by atoms with Crippen molar-refractivity contribution in [3.63, 3.8) is 0 Å². The Balaban J connectivity index is 1.98. The third kappa shape index (κ3) is 2.22. The third-order valence-electron chi connectivity index (χ3n) is 3.55. The average molecular weight is 258 g/mol. The molecule has 0 spiro atoms. The lowest BCUT2D eigenvalue weighted by Gasteiger charge is -2.21. The van der Waals surface area contributed by atoms with Crippen LogP contribution in [0.3, 0.4) is 0 Å². The average Bonchev–Trinajstić information content (AvgIpc) is 2.43. The highest BCUT2D eigenvalue weighted by Crippen LogP contribution is 2.37. The quantitative estimate of drug-likeness (QED) is 0.760. The first-order valence-corrected chi connectivity index (χ1v) is 6.37. The highest BCUT2D eigenvalue weighted by molar-refractivity contribution is 5.51. The predicted molar refractivity (Wildman–Crippen MR) is 71.2 cm³/mol. The summed E-state index contributed by atoms with van der Waals surface area (Å²) in [7, 11) is 0. The fourth-order valence-electron chi connectivity index (χ4n) is 2.36. The minimum atomic E-state index is -0.245. The van der Waals surface area contributed by atoms with E-state index in [1.165, 1.54) is 12.1 Å². The van der Waals surface area contributed by atoms with Gasteiger partial charge in [-0.3, -0.25) is 0 Å². The zero-order chi connectivity index (χ0) is 13.4. The van der Waals surface area contributed by atoms with Crippen LogP contribution in [-0.2, 0) is 6.42 Å². The van der Waals surface area contributed by atoms with E-state index in [0.717, 1.165) is 28.2 Å². The van der Waals surface area contributed by atoms with Gasteiger partial charge < -0.3 is 9.84 Å². The number of ether oxygens (including phenoxy) is 1. The minimum absolute atomic E-state index is 0.0965. The molecule has 0 saturated heterocycles. The Labute approximate surface area is 111 Å². The van der Waals surface area contributed by atoms with Crippen LogP contribution in [0.2, 0.25) is 0 Å². The minimum Gasteiger partial charge on any atom is -0.457 e. The second-order valence-corrected chi connectivity index (χ2v) is 4.98. The first kappa shape index (κ1) is 12.2. The van der Waals surface area contributed by atoms with Crippen LogP contribution in [0.1, 0.15) is 29.5 Å². The summed E-state index contributed by atoms with van der Waals surface area (Å²) in [6.07, 6.45) is 0.661. The molecule has 1 aliphatic rings. The molecule has 1 aliphatic heterocycles. The van der Waals surface area contributed by atoms with Crippen LogP contribution in [0, 0.1) is 5.82 Å². The van der Waals surface area contributed by atoms with Crippen molar-refractivity contribution in [3.8, 4) is 11.5 Å². The smallest absolute Gasteiger partial charge is 0.131 e. The molecule has 1 heterocycles. The van der Waals surface area contributed by atoms with E-state index in [1.54, 1.807) is 6.07 Å². The number of hydrogen-bond donors (Lipinski definition) is 1. The number of hydrogen-bond acceptors (Lipinski definition) is 2. The lowest BCUT2D eigenvalue weighted by molar-refractivity contribution is 0.273. The number of aliphatic hydroxyl groups is 1. The summed E-state index contributed by atoms with van der Waals surface area (Å²) in [6, 6.07) is 10.5. The molecule has 0 fully saturated rings. The standard InChI is InChI=1S/C16H15FO2/c1-10(9-18)11-2-4-15-12(6-11)7-13-8-14(17)3-5-16(13)19-15/h2-6,8,10,18H,7,9H2,1H3. The molecular formula is C16H15FO2. The van der Waals surface area contributed by atoms with Crippen molar-refractivity contribution in [2.45, 2.75) is 19.3 Å². The highest BCUT2D eigenvalue weighted by atomic mass is 19.1. The number of rotatable bonds is 2. The molecule has 98 valence electrons. The van der Waals surface area contributed by atoms with Gasteiger partial charge in [-0.15, -0.1) is 0 Å². The van der Waals surface area contributed by atoms with Crippen molar-refractivity contribution in [3.05, 3.63) is 58.9 Å². The Morgan fingerprint density at radius 1 is 1.16 bits per heavy atom. The van der Waals surface area contributed by atoms with Gasteiger partial charge in [0, 0.05) is 24.5 Å². The second-order valence-electron chi connectivity index (χ2n) is 4.98. The summed E-state index contributed by atoms with van der Waals surface area (Å²) in [5, 5.41) is 9.21. The van der Waals surface area contributed by atoms with E-state index in [9.17, 15) is 9.50 Å². The molecule has 1 atom stereocenters. The molecule has 0 aromatic heterocycles. The molecule has 19 heavy (non-hydrogen) atoms. The largest absolute Gasteiger partial charge is 0.457 e. The fourth-order valence-corrected chi connectivity index (χ4v) is 2.36. The van der Waals surface area contributed by atoms with Crippen LogP contribution in [0.4, 0.5) is 4.39 Å². The Bertz CT molecular complexity index is 622. The molecule has 2 nitrogen and oxygen atoms in total. The van der Waals surface area contributed by atoms with E-state index in [4.69, 9.17) is 4.74 Å².